The first kappa shape index (κ1) is 19.2. The summed E-state index contributed by atoms with van der Waals surface area (Å²) in [6.45, 7) is 1.39. The number of benzene rings is 1. The molecule has 1 aromatic carbocycles. The third-order valence-electron chi connectivity index (χ3n) is 4.06. The third kappa shape index (κ3) is 3.73. The largest absolute Gasteiger partial charge is 0.436 e. The van der Waals surface area contributed by atoms with Gasteiger partial charge in [-0.2, -0.15) is 18.3 Å². The molecule has 10 heteroatoms. The molecule has 1 unspecified atom stereocenters. The van der Waals surface area contributed by atoms with E-state index in [0.717, 1.165) is 4.68 Å². The molecule has 1 heterocycles. The van der Waals surface area contributed by atoms with Gasteiger partial charge in [-0.1, -0.05) is 27.5 Å². The number of carbonyl (C=O) groups excluding carboxylic acids is 1. The second-order valence-corrected chi connectivity index (χ2v) is 7.35. The molecule has 1 amide bonds. The number of hydrogen-bond donors (Lipinski definition) is 1. The third-order valence-corrected chi connectivity index (χ3v) is 4.92. The van der Waals surface area contributed by atoms with Crippen LogP contribution in [0.2, 0.25) is 5.02 Å². The molecule has 26 heavy (non-hydrogen) atoms. The second kappa shape index (κ2) is 6.84. The van der Waals surface area contributed by atoms with Crippen LogP contribution < -0.4 is 5.32 Å². The van der Waals surface area contributed by atoms with Crippen molar-refractivity contribution in [1.82, 2.24) is 9.78 Å². The maximum atomic E-state index is 13.9. The maximum Gasteiger partial charge on any atom is 0.436 e. The molecule has 1 aliphatic rings. The topological polar surface area (TPSA) is 46.9 Å². The zero-order chi connectivity index (χ0) is 19.2. The van der Waals surface area contributed by atoms with E-state index in [2.05, 4.69) is 26.3 Å². The van der Waals surface area contributed by atoms with E-state index in [4.69, 9.17) is 11.6 Å². The highest BCUT2D eigenvalue weighted by Crippen LogP contribution is 2.47. The Morgan fingerprint density at radius 2 is 2.08 bits per heavy atom. The van der Waals surface area contributed by atoms with Crippen molar-refractivity contribution in [3.05, 3.63) is 44.9 Å². The molecule has 1 aliphatic carbocycles. The summed E-state index contributed by atoms with van der Waals surface area (Å²) in [6, 6.07) is 2.96. The SMILES string of the molecule is CC(C(=O)Nc1ccc(Br)cc1F)n1nc(C(F)(F)F)c(Cl)c1C1CC1. The van der Waals surface area contributed by atoms with Crippen LogP contribution in [0.3, 0.4) is 0 Å². The van der Waals surface area contributed by atoms with E-state index in [0.29, 0.717) is 17.3 Å². The van der Waals surface area contributed by atoms with Gasteiger partial charge in [0.2, 0.25) is 5.91 Å². The summed E-state index contributed by atoms with van der Waals surface area (Å²) in [6.07, 6.45) is -3.36. The Labute approximate surface area is 159 Å². The Bertz CT molecular complexity index is 864. The number of aromatic nitrogens is 2. The fourth-order valence-corrected chi connectivity index (χ4v) is 3.28. The summed E-state index contributed by atoms with van der Waals surface area (Å²) >= 11 is 9.00. The first-order valence-electron chi connectivity index (χ1n) is 7.70. The lowest BCUT2D eigenvalue weighted by atomic mass is 10.2. The summed E-state index contributed by atoms with van der Waals surface area (Å²) in [7, 11) is 0. The van der Waals surface area contributed by atoms with Gasteiger partial charge < -0.3 is 5.32 Å². The minimum atomic E-state index is -4.72. The van der Waals surface area contributed by atoms with E-state index < -0.39 is 34.7 Å². The summed E-state index contributed by atoms with van der Waals surface area (Å²) in [5, 5.41) is 5.43. The van der Waals surface area contributed by atoms with Gasteiger partial charge in [-0.25, -0.2) is 4.39 Å². The van der Waals surface area contributed by atoms with E-state index in [1.54, 1.807) is 0 Å². The Hall–Kier alpha value is -1.61. The van der Waals surface area contributed by atoms with Crippen molar-refractivity contribution in [3.8, 4) is 0 Å². The average Bonchev–Trinajstić information content (AvgIpc) is 3.30. The Kier molecular flexibility index (Phi) is 5.04. The molecule has 0 spiro atoms. The van der Waals surface area contributed by atoms with Crippen molar-refractivity contribution in [3.63, 3.8) is 0 Å². The first-order chi connectivity index (χ1) is 12.1. The number of anilines is 1. The van der Waals surface area contributed by atoms with Gasteiger partial charge >= 0.3 is 6.18 Å². The molecule has 0 radical (unpaired) electrons. The summed E-state index contributed by atoms with van der Waals surface area (Å²) < 4.78 is 54.7. The molecular formula is C16H13BrClF4N3O. The van der Waals surface area contributed by atoms with Gasteiger partial charge in [0.1, 0.15) is 11.9 Å². The number of alkyl halides is 3. The lowest BCUT2D eigenvalue weighted by Gasteiger charge is -2.16. The van der Waals surface area contributed by atoms with Crippen LogP contribution in [0.15, 0.2) is 22.7 Å². The number of rotatable bonds is 4. The van der Waals surface area contributed by atoms with Crippen LogP contribution in [-0.2, 0) is 11.0 Å². The Morgan fingerprint density at radius 1 is 1.42 bits per heavy atom. The van der Waals surface area contributed by atoms with Gasteiger partial charge in [0.25, 0.3) is 0 Å². The van der Waals surface area contributed by atoms with Crippen LogP contribution in [-0.4, -0.2) is 15.7 Å². The van der Waals surface area contributed by atoms with Gasteiger partial charge in [0.05, 0.1) is 16.4 Å². The highest BCUT2D eigenvalue weighted by Gasteiger charge is 2.43. The molecule has 1 saturated carbocycles. The van der Waals surface area contributed by atoms with E-state index in [9.17, 15) is 22.4 Å². The molecule has 1 N–H and O–H groups in total. The van der Waals surface area contributed by atoms with Crippen LogP contribution in [0, 0.1) is 5.82 Å². The fourth-order valence-electron chi connectivity index (χ4n) is 2.57. The van der Waals surface area contributed by atoms with Crippen molar-refractivity contribution in [2.24, 2.45) is 0 Å². The zero-order valence-corrected chi connectivity index (χ0v) is 15.7. The van der Waals surface area contributed by atoms with Crippen molar-refractivity contribution in [1.29, 1.82) is 0 Å². The normalized spacial score (nSPS) is 15.8. The van der Waals surface area contributed by atoms with Crippen molar-refractivity contribution in [2.45, 2.75) is 37.9 Å². The molecule has 1 atom stereocenters. The van der Waals surface area contributed by atoms with E-state index in [1.165, 1.54) is 25.1 Å². The standard InChI is InChI=1S/C16H13BrClF4N3O/c1-7(15(26)23-11-5-4-9(17)6-10(11)19)25-13(8-2-3-8)12(18)14(24-25)16(20,21)22/h4-8H,2-3H2,1H3,(H,23,26). The maximum absolute atomic E-state index is 13.9. The van der Waals surface area contributed by atoms with Gasteiger partial charge in [-0.15, -0.1) is 0 Å². The summed E-state index contributed by atoms with van der Waals surface area (Å²) in [5.74, 6) is -1.52. The second-order valence-electron chi connectivity index (χ2n) is 6.05. The molecule has 0 aliphatic heterocycles. The van der Waals surface area contributed by atoms with Crippen molar-refractivity contribution < 1.29 is 22.4 Å². The van der Waals surface area contributed by atoms with Crippen molar-refractivity contribution in [2.75, 3.05) is 5.32 Å². The van der Waals surface area contributed by atoms with Crippen LogP contribution in [0.25, 0.3) is 0 Å². The lowest BCUT2D eigenvalue weighted by Crippen LogP contribution is -2.26. The molecular weight excluding hydrogens is 442 g/mol. The molecule has 4 nitrogen and oxygen atoms in total. The first-order valence-corrected chi connectivity index (χ1v) is 8.87. The predicted octanol–water partition coefficient (Wildman–Crippen LogP) is 5.53. The quantitative estimate of drug-likeness (QED) is 0.617. The number of nitrogens with one attached hydrogen (secondary N) is 1. The van der Waals surface area contributed by atoms with E-state index in [-0.39, 0.29) is 17.3 Å². The van der Waals surface area contributed by atoms with Gasteiger partial charge in [0, 0.05) is 10.4 Å². The summed E-state index contributed by atoms with van der Waals surface area (Å²) in [4.78, 5) is 12.4. The minimum absolute atomic E-state index is 0.0766. The van der Waals surface area contributed by atoms with Crippen LogP contribution in [0.5, 0.6) is 0 Å². The molecule has 0 saturated heterocycles. The fraction of sp³-hybridized carbons (Fsp3) is 0.375. The molecule has 1 fully saturated rings. The van der Waals surface area contributed by atoms with Gasteiger partial charge in [0.15, 0.2) is 5.69 Å². The number of halogens is 6. The highest BCUT2D eigenvalue weighted by molar-refractivity contribution is 9.10. The van der Waals surface area contributed by atoms with Crippen LogP contribution in [0.4, 0.5) is 23.2 Å². The van der Waals surface area contributed by atoms with Gasteiger partial charge in [-0.05, 0) is 38.0 Å². The number of nitrogens with zero attached hydrogens (tertiary/aromatic N) is 2. The zero-order valence-electron chi connectivity index (χ0n) is 13.4. The lowest BCUT2D eigenvalue weighted by molar-refractivity contribution is -0.141. The van der Waals surface area contributed by atoms with Crippen LogP contribution in [0.1, 0.15) is 43.1 Å². The number of carbonyl (C=O) groups is 1. The van der Waals surface area contributed by atoms with Crippen molar-refractivity contribution >= 4 is 39.1 Å². The van der Waals surface area contributed by atoms with Crippen LogP contribution >= 0.6 is 27.5 Å². The number of hydrogen-bond acceptors (Lipinski definition) is 2. The Morgan fingerprint density at radius 3 is 2.62 bits per heavy atom. The van der Waals surface area contributed by atoms with E-state index in [1.807, 2.05) is 0 Å². The smallest absolute Gasteiger partial charge is 0.322 e. The average molecular weight is 455 g/mol. The monoisotopic (exact) mass is 453 g/mol. The van der Waals surface area contributed by atoms with E-state index >= 15 is 0 Å². The minimum Gasteiger partial charge on any atom is -0.322 e. The molecule has 0 bridgehead atoms. The molecule has 2 aromatic rings. The molecule has 140 valence electrons. The predicted molar refractivity (Wildman–Crippen MR) is 91.7 cm³/mol. The highest BCUT2D eigenvalue weighted by atomic mass is 79.9. The molecule has 3 rings (SSSR count). The van der Waals surface area contributed by atoms with Gasteiger partial charge in [-0.3, -0.25) is 9.48 Å². The number of amides is 1. The Balaban J connectivity index is 1.91. The molecule has 1 aromatic heterocycles. The summed E-state index contributed by atoms with van der Waals surface area (Å²) in [5.41, 5.74) is -1.10.